The molecule has 1 fully saturated rings. The Morgan fingerprint density at radius 2 is 2.13 bits per heavy atom. The summed E-state index contributed by atoms with van der Waals surface area (Å²) >= 11 is 0. The summed E-state index contributed by atoms with van der Waals surface area (Å²) in [4.78, 5) is 11.9. The van der Waals surface area contributed by atoms with Crippen molar-refractivity contribution in [2.75, 3.05) is 13.1 Å². The normalized spacial score (nSPS) is 32.5. The third-order valence-corrected chi connectivity index (χ3v) is 2.69. The summed E-state index contributed by atoms with van der Waals surface area (Å²) in [7, 11) is 0. The van der Waals surface area contributed by atoms with E-state index in [0.29, 0.717) is 13.0 Å². The molecule has 0 amide bonds. The van der Waals surface area contributed by atoms with Crippen LogP contribution in [0.5, 0.6) is 0 Å². The summed E-state index contributed by atoms with van der Waals surface area (Å²) in [6, 6.07) is 0. The summed E-state index contributed by atoms with van der Waals surface area (Å²) in [6.07, 6.45) is -0.0240. The number of aliphatic hydroxyl groups is 1. The predicted octanol–water partition coefficient (Wildman–Crippen LogP) is 0.689. The Hall–Kier alpha value is -0.610. The van der Waals surface area contributed by atoms with Crippen LogP contribution in [-0.4, -0.2) is 35.9 Å². The molecule has 1 saturated heterocycles. The van der Waals surface area contributed by atoms with Crippen LogP contribution >= 0.6 is 0 Å². The summed E-state index contributed by atoms with van der Waals surface area (Å²) < 4.78 is 5.31. The number of hydrogen-bond donors (Lipinski definition) is 2. The van der Waals surface area contributed by atoms with E-state index in [-0.39, 0.29) is 5.97 Å². The number of nitrogens with one attached hydrogen (secondary N) is 1. The van der Waals surface area contributed by atoms with Crippen molar-refractivity contribution in [1.82, 2.24) is 5.32 Å². The maximum absolute atomic E-state index is 11.9. The second-order valence-corrected chi connectivity index (χ2v) is 5.40. The van der Waals surface area contributed by atoms with E-state index in [9.17, 15) is 9.90 Å². The molecule has 0 bridgehead atoms. The molecule has 1 heterocycles. The van der Waals surface area contributed by atoms with Crippen molar-refractivity contribution in [3.05, 3.63) is 0 Å². The number of piperidine rings is 1. The molecule has 2 N–H and O–H groups in total. The van der Waals surface area contributed by atoms with E-state index in [4.69, 9.17) is 4.74 Å². The van der Waals surface area contributed by atoms with Crippen molar-refractivity contribution in [2.45, 2.75) is 45.8 Å². The molecule has 0 spiro atoms. The van der Waals surface area contributed by atoms with E-state index in [0.717, 1.165) is 6.54 Å². The van der Waals surface area contributed by atoms with E-state index in [1.54, 1.807) is 6.92 Å². The molecule has 2 unspecified atom stereocenters. The highest BCUT2D eigenvalue weighted by Crippen LogP contribution is 2.29. The highest BCUT2D eigenvalue weighted by molar-refractivity contribution is 5.78. The molecular formula is C11H21NO3. The molecule has 0 aromatic rings. The lowest BCUT2D eigenvalue weighted by Gasteiger charge is -2.38. The topological polar surface area (TPSA) is 58.6 Å². The minimum Gasteiger partial charge on any atom is -0.459 e. The van der Waals surface area contributed by atoms with Gasteiger partial charge in [0.25, 0.3) is 0 Å². The first-order valence-electron chi connectivity index (χ1n) is 5.38. The Bertz CT molecular complexity index is 247. The molecule has 1 rings (SSSR count). The second-order valence-electron chi connectivity index (χ2n) is 5.40. The van der Waals surface area contributed by atoms with Gasteiger partial charge in [0.1, 0.15) is 11.0 Å². The van der Waals surface area contributed by atoms with Gasteiger partial charge in [-0.3, -0.25) is 4.79 Å². The standard InChI is InChI=1S/C11H21NO3/c1-10(2,3)15-9(14)11(4)7-12-6-5-8(11)13/h8,12-13H,5-7H2,1-4H3. The van der Waals surface area contributed by atoms with Gasteiger partial charge in [-0.15, -0.1) is 0 Å². The summed E-state index contributed by atoms with van der Waals surface area (Å²) in [5.41, 5.74) is -1.32. The van der Waals surface area contributed by atoms with Gasteiger partial charge in [0, 0.05) is 6.54 Å². The molecule has 88 valence electrons. The number of carbonyl (C=O) groups is 1. The number of carbonyl (C=O) groups excluding carboxylic acids is 1. The lowest BCUT2D eigenvalue weighted by Crippen LogP contribution is -2.54. The van der Waals surface area contributed by atoms with Gasteiger partial charge in [0.15, 0.2) is 0 Å². The molecule has 0 saturated carbocycles. The van der Waals surface area contributed by atoms with Crippen LogP contribution in [0.3, 0.4) is 0 Å². The molecule has 15 heavy (non-hydrogen) atoms. The largest absolute Gasteiger partial charge is 0.459 e. The van der Waals surface area contributed by atoms with Crippen molar-refractivity contribution in [3.8, 4) is 0 Å². The van der Waals surface area contributed by atoms with Gasteiger partial charge >= 0.3 is 5.97 Å². The van der Waals surface area contributed by atoms with Crippen molar-refractivity contribution < 1.29 is 14.6 Å². The van der Waals surface area contributed by atoms with Gasteiger partial charge in [0.05, 0.1) is 6.10 Å². The fourth-order valence-electron chi connectivity index (χ4n) is 1.63. The smallest absolute Gasteiger partial charge is 0.316 e. The Balaban J connectivity index is 2.71. The molecule has 4 nitrogen and oxygen atoms in total. The van der Waals surface area contributed by atoms with Crippen LogP contribution < -0.4 is 5.32 Å². The molecular weight excluding hydrogens is 194 g/mol. The minimum absolute atomic E-state index is 0.324. The quantitative estimate of drug-likeness (QED) is 0.632. The Morgan fingerprint density at radius 1 is 1.53 bits per heavy atom. The third kappa shape index (κ3) is 2.92. The van der Waals surface area contributed by atoms with Gasteiger partial charge in [-0.25, -0.2) is 0 Å². The molecule has 0 aliphatic carbocycles. The zero-order chi connectivity index (χ0) is 11.7. The number of rotatable bonds is 1. The van der Waals surface area contributed by atoms with Crippen LogP contribution in [0.25, 0.3) is 0 Å². The zero-order valence-electron chi connectivity index (χ0n) is 9.96. The van der Waals surface area contributed by atoms with Gasteiger partial charge in [-0.1, -0.05) is 0 Å². The van der Waals surface area contributed by atoms with Crippen molar-refractivity contribution in [3.63, 3.8) is 0 Å². The lowest BCUT2D eigenvalue weighted by molar-refractivity contribution is -0.175. The number of ether oxygens (including phenoxy) is 1. The highest BCUT2D eigenvalue weighted by atomic mass is 16.6. The van der Waals surface area contributed by atoms with Crippen molar-refractivity contribution >= 4 is 5.97 Å². The highest BCUT2D eigenvalue weighted by Gasteiger charge is 2.44. The fourth-order valence-corrected chi connectivity index (χ4v) is 1.63. The molecule has 1 aliphatic heterocycles. The Kier molecular flexibility index (Phi) is 3.41. The molecule has 0 aromatic heterocycles. The predicted molar refractivity (Wildman–Crippen MR) is 57.4 cm³/mol. The van der Waals surface area contributed by atoms with Crippen LogP contribution in [0, 0.1) is 5.41 Å². The van der Waals surface area contributed by atoms with E-state index in [1.807, 2.05) is 20.8 Å². The molecule has 0 radical (unpaired) electrons. The van der Waals surface area contributed by atoms with Gasteiger partial charge in [-0.05, 0) is 40.7 Å². The second kappa shape index (κ2) is 4.10. The van der Waals surface area contributed by atoms with Crippen LogP contribution in [0.4, 0.5) is 0 Å². The monoisotopic (exact) mass is 215 g/mol. The fraction of sp³-hybridized carbons (Fsp3) is 0.909. The summed E-state index contributed by atoms with van der Waals surface area (Å²) in [5, 5.41) is 13.0. The first kappa shape index (κ1) is 12.5. The zero-order valence-corrected chi connectivity index (χ0v) is 9.96. The number of hydrogen-bond acceptors (Lipinski definition) is 4. The molecule has 0 aromatic carbocycles. The average Bonchev–Trinajstić information content (AvgIpc) is 2.07. The van der Waals surface area contributed by atoms with E-state index >= 15 is 0 Å². The first-order valence-corrected chi connectivity index (χ1v) is 5.38. The number of aliphatic hydroxyl groups excluding tert-OH is 1. The van der Waals surface area contributed by atoms with Crippen molar-refractivity contribution in [2.24, 2.45) is 5.41 Å². The Morgan fingerprint density at radius 3 is 2.60 bits per heavy atom. The van der Waals surface area contributed by atoms with Crippen LogP contribution in [0.1, 0.15) is 34.1 Å². The van der Waals surface area contributed by atoms with Gasteiger partial charge < -0.3 is 15.2 Å². The third-order valence-electron chi connectivity index (χ3n) is 2.69. The van der Waals surface area contributed by atoms with E-state index in [1.165, 1.54) is 0 Å². The van der Waals surface area contributed by atoms with Crippen LogP contribution in [0.15, 0.2) is 0 Å². The summed E-state index contributed by atoms with van der Waals surface area (Å²) in [6.45, 7) is 8.46. The summed E-state index contributed by atoms with van der Waals surface area (Å²) in [5.74, 6) is -0.324. The molecule has 1 aliphatic rings. The average molecular weight is 215 g/mol. The SMILES string of the molecule is CC(C)(C)OC(=O)C1(C)CNCCC1O. The van der Waals surface area contributed by atoms with Crippen LogP contribution in [0.2, 0.25) is 0 Å². The maximum Gasteiger partial charge on any atom is 0.316 e. The van der Waals surface area contributed by atoms with Gasteiger partial charge in [0.2, 0.25) is 0 Å². The number of esters is 1. The first-order chi connectivity index (χ1) is 6.76. The van der Waals surface area contributed by atoms with Gasteiger partial charge in [-0.2, -0.15) is 0 Å². The Labute approximate surface area is 91.0 Å². The van der Waals surface area contributed by atoms with Crippen LogP contribution in [-0.2, 0) is 9.53 Å². The lowest BCUT2D eigenvalue weighted by atomic mass is 9.80. The van der Waals surface area contributed by atoms with E-state index in [2.05, 4.69) is 5.32 Å². The minimum atomic E-state index is -0.814. The molecule has 4 heteroatoms. The molecule has 2 atom stereocenters. The van der Waals surface area contributed by atoms with E-state index < -0.39 is 17.1 Å². The maximum atomic E-state index is 11.9. The van der Waals surface area contributed by atoms with Crippen molar-refractivity contribution in [1.29, 1.82) is 0 Å².